The highest BCUT2D eigenvalue weighted by atomic mass is 16.5. The summed E-state index contributed by atoms with van der Waals surface area (Å²) in [4.78, 5) is 11.2. The molecule has 0 aliphatic rings. The molecule has 0 bridgehead atoms. The summed E-state index contributed by atoms with van der Waals surface area (Å²) in [5.74, 6) is 0.717. The van der Waals surface area contributed by atoms with Crippen molar-refractivity contribution in [3.63, 3.8) is 0 Å². The molecule has 0 spiro atoms. The van der Waals surface area contributed by atoms with Crippen molar-refractivity contribution >= 4 is 5.97 Å². The van der Waals surface area contributed by atoms with Crippen LogP contribution >= 0.6 is 0 Å². The smallest absolute Gasteiger partial charge is 0.319 e. The first-order valence-electron chi connectivity index (χ1n) is 7.10. The molecule has 3 nitrogen and oxygen atoms in total. The second kappa shape index (κ2) is 11.9. The minimum absolute atomic E-state index is 0.124. The SMILES string of the molecule is CCCCOC(=O)CNCCCC(CC)CC. The highest BCUT2D eigenvalue weighted by Crippen LogP contribution is 2.13. The molecule has 0 aliphatic carbocycles. The molecule has 0 atom stereocenters. The van der Waals surface area contributed by atoms with Crippen molar-refractivity contribution in [1.82, 2.24) is 5.32 Å². The lowest BCUT2D eigenvalue weighted by molar-refractivity contribution is -0.142. The Morgan fingerprint density at radius 1 is 1.18 bits per heavy atom. The van der Waals surface area contributed by atoms with Gasteiger partial charge in [-0.15, -0.1) is 0 Å². The maximum absolute atomic E-state index is 11.2. The van der Waals surface area contributed by atoms with Gasteiger partial charge < -0.3 is 10.1 Å². The molecule has 0 aromatic heterocycles. The van der Waals surface area contributed by atoms with Gasteiger partial charge in [0.15, 0.2) is 0 Å². The van der Waals surface area contributed by atoms with Crippen LogP contribution in [0.1, 0.15) is 59.3 Å². The fraction of sp³-hybridized carbons (Fsp3) is 0.929. The Kier molecular flexibility index (Phi) is 11.5. The van der Waals surface area contributed by atoms with E-state index in [-0.39, 0.29) is 5.97 Å². The monoisotopic (exact) mass is 243 g/mol. The fourth-order valence-electron chi connectivity index (χ4n) is 1.78. The van der Waals surface area contributed by atoms with Crippen molar-refractivity contribution < 1.29 is 9.53 Å². The molecule has 0 rings (SSSR count). The number of hydrogen-bond donors (Lipinski definition) is 1. The van der Waals surface area contributed by atoms with Crippen LogP contribution in [0.5, 0.6) is 0 Å². The van der Waals surface area contributed by atoms with Crippen molar-refractivity contribution in [3.05, 3.63) is 0 Å². The molecule has 0 unspecified atom stereocenters. The second-order valence-corrected chi connectivity index (χ2v) is 4.58. The largest absolute Gasteiger partial charge is 0.465 e. The molecule has 0 amide bonds. The summed E-state index contributed by atoms with van der Waals surface area (Å²) in [7, 11) is 0. The first kappa shape index (κ1) is 16.4. The second-order valence-electron chi connectivity index (χ2n) is 4.58. The van der Waals surface area contributed by atoms with Crippen LogP contribution in [0.25, 0.3) is 0 Å². The zero-order valence-corrected chi connectivity index (χ0v) is 11.8. The van der Waals surface area contributed by atoms with Gasteiger partial charge in [-0.2, -0.15) is 0 Å². The van der Waals surface area contributed by atoms with Gasteiger partial charge in [-0.3, -0.25) is 4.79 Å². The third kappa shape index (κ3) is 10.3. The van der Waals surface area contributed by atoms with Gasteiger partial charge in [-0.1, -0.05) is 40.0 Å². The number of ether oxygens (including phenoxy) is 1. The van der Waals surface area contributed by atoms with Crippen LogP contribution in [0.3, 0.4) is 0 Å². The van der Waals surface area contributed by atoms with Crippen LogP contribution in [0.2, 0.25) is 0 Å². The molecule has 17 heavy (non-hydrogen) atoms. The first-order valence-corrected chi connectivity index (χ1v) is 7.10. The maximum Gasteiger partial charge on any atom is 0.319 e. The average molecular weight is 243 g/mol. The van der Waals surface area contributed by atoms with E-state index in [1.807, 2.05) is 0 Å². The lowest BCUT2D eigenvalue weighted by Crippen LogP contribution is -2.26. The summed E-state index contributed by atoms with van der Waals surface area (Å²) in [6.45, 7) is 8.40. The number of nitrogens with one attached hydrogen (secondary N) is 1. The molecule has 0 fully saturated rings. The van der Waals surface area contributed by atoms with Crippen molar-refractivity contribution in [2.75, 3.05) is 19.7 Å². The molecule has 0 saturated heterocycles. The normalized spacial score (nSPS) is 10.8. The maximum atomic E-state index is 11.2. The van der Waals surface area contributed by atoms with Crippen LogP contribution in [0.15, 0.2) is 0 Å². The van der Waals surface area contributed by atoms with Crippen LogP contribution in [-0.4, -0.2) is 25.7 Å². The lowest BCUT2D eigenvalue weighted by Gasteiger charge is -2.11. The standard InChI is InChI=1S/C14H29NO2/c1-4-7-11-17-14(16)12-15-10-8-9-13(5-2)6-3/h13,15H,4-12H2,1-3H3. The molecular weight excluding hydrogens is 214 g/mol. The van der Waals surface area contributed by atoms with E-state index >= 15 is 0 Å². The predicted molar refractivity (Wildman–Crippen MR) is 72.0 cm³/mol. The van der Waals surface area contributed by atoms with Gasteiger partial charge in [0.05, 0.1) is 13.2 Å². The summed E-state index contributed by atoms with van der Waals surface area (Å²) >= 11 is 0. The number of esters is 1. The Morgan fingerprint density at radius 2 is 1.88 bits per heavy atom. The van der Waals surface area contributed by atoms with Crippen molar-refractivity contribution in [3.8, 4) is 0 Å². The summed E-state index contributed by atoms with van der Waals surface area (Å²) in [6, 6.07) is 0. The van der Waals surface area contributed by atoms with E-state index in [9.17, 15) is 4.79 Å². The summed E-state index contributed by atoms with van der Waals surface area (Å²) in [5.41, 5.74) is 0. The van der Waals surface area contributed by atoms with E-state index in [0.717, 1.165) is 31.7 Å². The average Bonchev–Trinajstić information content (AvgIpc) is 2.34. The van der Waals surface area contributed by atoms with E-state index in [1.54, 1.807) is 0 Å². The van der Waals surface area contributed by atoms with Gasteiger partial charge >= 0.3 is 5.97 Å². The molecule has 3 heteroatoms. The summed E-state index contributed by atoms with van der Waals surface area (Å²) < 4.78 is 5.05. The predicted octanol–water partition coefficient (Wildman–Crippen LogP) is 3.14. The zero-order valence-electron chi connectivity index (χ0n) is 11.8. The van der Waals surface area contributed by atoms with E-state index in [4.69, 9.17) is 4.74 Å². The Hall–Kier alpha value is -0.570. The Bertz CT molecular complexity index is 179. The van der Waals surface area contributed by atoms with Crippen LogP contribution in [0.4, 0.5) is 0 Å². The number of unbranched alkanes of at least 4 members (excludes halogenated alkanes) is 1. The highest BCUT2D eigenvalue weighted by Gasteiger charge is 2.04. The third-order valence-corrected chi connectivity index (χ3v) is 3.15. The van der Waals surface area contributed by atoms with Gasteiger partial charge in [0.1, 0.15) is 0 Å². The summed E-state index contributed by atoms with van der Waals surface area (Å²) in [5, 5.41) is 3.14. The van der Waals surface area contributed by atoms with Gasteiger partial charge in [0, 0.05) is 0 Å². The van der Waals surface area contributed by atoms with Crippen molar-refractivity contribution in [1.29, 1.82) is 0 Å². The highest BCUT2D eigenvalue weighted by molar-refractivity contribution is 5.71. The topological polar surface area (TPSA) is 38.3 Å². The first-order chi connectivity index (χ1) is 8.24. The van der Waals surface area contributed by atoms with Crippen LogP contribution < -0.4 is 5.32 Å². The van der Waals surface area contributed by atoms with Crippen molar-refractivity contribution in [2.45, 2.75) is 59.3 Å². The van der Waals surface area contributed by atoms with E-state index in [1.165, 1.54) is 19.3 Å². The van der Waals surface area contributed by atoms with E-state index in [2.05, 4.69) is 26.1 Å². The van der Waals surface area contributed by atoms with E-state index in [0.29, 0.717) is 13.2 Å². The number of carbonyl (C=O) groups excluding carboxylic acids is 1. The van der Waals surface area contributed by atoms with Gasteiger partial charge in [0.25, 0.3) is 0 Å². The molecule has 1 N–H and O–H groups in total. The van der Waals surface area contributed by atoms with Crippen molar-refractivity contribution in [2.24, 2.45) is 5.92 Å². The fourth-order valence-corrected chi connectivity index (χ4v) is 1.78. The Balaban J connectivity index is 3.29. The molecule has 102 valence electrons. The minimum atomic E-state index is -0.124. The Labute approximate surface area is 106 Å². The molecule has 0 aromatic carbocycles. The number of carbonyl (C=O) groups is 1. The van der Waals surface area contributed by atoms with E-state index < -0.39 is 0 Å². The summed E-state index contributed by atoms with van der Waals surface area (Å²) in [6.07, 6.45) is 6.95. The van der Waals surface area contributed by atoms with Crippen LogP contribution in [0, 0.1) is 5.92 Å². The van der Waals surface area contributed by atoms with Gasteiger partial charge in [0.2, 0.25) is 0 Å². The van der Waals surface area contributed by atoms with Crippen LogP contribution in [-0.2, 0) is 9.53 Å². The number of hydrogen-bond acceptors (Lipinski definition) is 3. The minimum Gasteiger partial charge on any atom is -0.465 e. The molecule has 0 saturated carbocycles. The molecule has 0 aromatic rings. The van der Waals surface area contributed by atoms with Gasteiger partial charge in [-0.05, 0) is 31.7 Å². The molecule has 0 heterocycles. The van der Waals surface area contributed by atoms with Gasteiger partial charge in [-0.25, -0.2) is 0 Å². The molecule has 0 radical (unpaired) electrons. The number of rotatable bonds is 11. The molecule has 0 aliphatic heterocycles. The Morgan fingerprint density at radius 3 is 2.47 bits per heavy atom. The third-order valence-electron chi connectivity index (χ3n) is 3.15. The molecular formula is C14H29NO2. The quantitative estimate of drug-likeness (QED) is 0.447. The lowest BCUT2D eigenvalue weighted by atomic mass is 9.98. The zero-order chi connectivity index (χ0) is 12.9.